The molecule has 0 unspecified atom stereocenters. The van der Waals surface area contributed by atoms with Crippen LogP contribution in [0.4, 0.5) is 0 Å². The minimum Gasteiger partial charge on any atom is -0.461 e. The van der Waals surface area contributed by atoms with Crippen LogP contribution >= 0.6 is 0 Å². The molecule has 0 aliphatic heterocycles. The zero-order chi connectivity index (χ0) is 16.4. The number of carbonyl (C=O) groups excluding carboxylic acids is 1. The Labute approximate surface area is 135 Å². The van der Waals surface area contributed by atoms with Gasteiger partial charge in [-0.2, -0.15) is 0 Å². The minimum absolute atomic E-state index is 0.0131. The molecule has 3 rings (SSSR count). The van der Waals surface area contributed by atoms with Crippen LogP contribution in [0.3, 0.4) is 0 Å². The Morgan fingerprint density at radius 3 is 2.57 bits per heavy atom. The van der Waals surface area contributed by atoms with Gasteiger partial charge in [0.15, 0.2) is 0 Å². The highest BCUT2D eigenvalue weighted by Gasteiger charge is 2.22. The van der Waals surface area contributed by atoms with Crippen LogP contribution in [0.5, 0.6) is 0 Å². The summed E-state index contributed by atoms with van der Waals surface area (Å²) in [5.74, 6) is -0.131. The Hall–Kier alpha value is -2.10. The van der Waals surface area contributed by atoms with E-state index in [9.17, 15) is 9.59 Å². The standard InChI is InChI=1S/C19H22O4/c1-12-8-16-15(10-18(20)23-17(16)9-13(12)2)11-22-19(21)14-6-4-3-5-7-14/h8-10,14H,3-7,11H2,1-2H3. The SMILES string of the molecule is Cc1cc2oc(=O)cc(COC(=O)C3CCCCC3)c2cc1C. The Kier molecular flexibility index (Phi) is 4.51. The maximum absolute atomic E-state index is 12.2. The number of hydrogen-bond acceptors (Lipinski definition) is 4. The molecular weight excluding hydrogens is 292 g/mol. The van der Waals surface area contributed by atoms with E-state index in [-0.39, 0.29) is 18.5 Å². The van der Waals surface area contributed by atoms with E-state index in [4.69, 9.17) is 9.15 Å². The molecule has 23 heavy (non-hydrogen) atoms. The lowest BCUT2D eigenvalue weighted by Crippen LogP contribution is -2.20. The summed E-state index contributed by atoms with van der Waals surface area (Å²) >= 11 is 0. The number of rotatable bonds is 3. The normalized spacial score (nSPS) is 15.7. The van der Waals surface area contributed by atoms with Gasteiger partial charge in [0.25, 0.3) is 0 Å². The van der Waals surface area contributed by atoms with E-state index >= 15 is 0 Å². The largest absolute Gasteiger partial charge is 0.461 e. The van der Waals surface area contributed by atoms with Crippen LogP contribution < -0.4 is 5.63 Å². The van der Waals surface area contributed by atoms with Crippen molar-refractivity contribution in [2.24, 2.45) is 5.92 Å². The molecule has 122 valence electrons. The van der Waals surface area contributed by atoms with E-state index in [0.29, 0.717) is 11.1 Å². The molecule has 1 aliphatic carbocycles. The molecule has 1 aromatic carbocycles. The van der Waals surface area contributed by atoms with Gasteiger partial charge < -0.3 is 9.15 Å². The van der Waals surface area contributed by atoms with E-state index in [1.807, 2.05) is 26.0 Å². The average Bonchev–Trinajstić information content (AvgIpc) is 2.55. The maximum Gasteiger partial charge on any atom is 0.336 e. The van der Waals surface area contributed by atoms with Crippen LogP contribution in [0.2, 0.25) is 0 Å². The van der Waals surface area contributed by atoms with Gasteiger partial charge in [0, 0.05) is 17.0 Å². The predicted octanol–water partition coefficient (Wildman–Crippen LogP) is 4.03. The van der Waals surface area contributed by atoms with E-state index in [1.165, 1.54) is 12.5 Å². The van der Waals surface area contributed by atoms with Gasteiger partial charge in [-0.1, -0.05) is 19.3 Å². The van der Waals surface area contributed by atoms with E-state index in [0.717, 1.165) is 42.2 Å². The lowest BCUT2D eigenvalue weighted by atomic mass is 9.89. The number of aryl methyl sites for hydroxylation is 2. The number of benzene rings is 1. The Morgan fingerprint density at radius 1 is 1.13 bits per heavy atom. The lowest BCUT2D eigenvalue weighted by molar-refractivity contribution is -0.151. The monoisotopic (exact) mass is 314 g/mol. The molecule has 1 aromatic heterocycles. The van der Waals surface area contributed by atoms with E-state index in [1.54, 1.807) is 0 Å². The van der Waals surface area contributed by atoms with Crippen LogP contribution in [0.25, 0.3) is 11.0 Å². The minimum atomic E-state index is -0.413. The summed E-state index contributed by atoms with van der Waals surface area (Å²) in [6, 6.07) is 5.27. The summed E-state index contributed by atoms with van der Waals surface area (Å²) in [7, 11) is 0. The summed E-state index contributed by atoms with van der Waals surface area (Å²) < 4.78 is 10.7. The first-order valence-electron chi connectivity index (χ1n) is 8.25. The number of hydrogen-bond donors (Lipinski definition) is 0. The highest BCUT2D eigenvalue weighted by molar-refractivity contribution is 5.82. The fourth-order valence-corrected chi connectivity index (χ4v) is 3.21. The summed E-state index contributed by atoms with van der Waals surface area (Å²) in [5.41, 5.74) is 3.03. The van der Waals surface area contributed by atoms with Crippen LogP contribution in [-0.2, 0) is 16.1 Å². The first kappa shape index (κ1) is 15.8. The third kappa shape index (κ3) is 3.46. The second-order valence-corrected chi connectivity index (χ2v) is 6.47. The fraction of sp³-hybridized carbons (Fsp3) is 0.474. The summed E-state index contributed by atoms with van der Waals surface area (Å²) in [6.45, 7) is 4.11. The van der Waals surface area contributed by atoms with Gasteiger partial charge in [0.1, 0.15) is 12.2 Å². The molecule has 0 saturated heterocycles. The van der Waals surface area contributed by atoms with E-state index in [2.05, 4.69) is 0 Å². The van der Waals surface area contributed by atoms with Crippen molar-refractivity contribution in [2.45, 2.75) is 52.6 Å². The molecule has 0 bridgehead atoms. The van der Waals surface area contributed by atoms with Crippen LogP contribution in [0.15, 0.2) is 27.4 Å². The van der Waals surface area contributed by atoms with Gasteiger partial charge in [0.05, 0.1) is 5.92 Å². The third-order valence-electron chi connectivity index (χ3n) is 4.75. The third-order valence-corrected chi connectivity index (χ3v) is 4.75. The molecule has 4 heteroatoms. The molecule has 1 saturated carbocycles. The first-order valence-corrected chi connectivity index (χ1v) is 8.25. The van der Waals surface area contributed by atoms with Gasteiger partial charge in [-0.05, 0) is 49.9 Å². The molecule has 0 spiro atoms. The van der Waals surface area contributed by atoms with Crippen molar-refractivity contribution < 1.29 is 13.9 Å². The molecule has 0 radical (unpaired) electrons. The molecule has 1 heterocycles. The maximum atomic E-state index is 12.2. The number of esters is 1. The number of carbonyl (C=O) groups is 1. The van der Waals surface area contributed by atoms with Gasteiger partial charge in [-0.25, -0.2) is 4.79 Å². The molecule has 0 N–H and O–H groups in total. The first-order chi connectivity index (χ1) is 11.0. The smallest absolute Gasteiger partial charge is 0.336 e. The molecule has 4 nitrogen and oxygen atoms in total. The predicted molar refractivity (Wildman–Crippen MR) is 88.3 cm³/mol. The van der Waals surface area contributed by atoms with Crippen LogP contribution in [0.1, 0.15) is 48.8 Å². The summed E-state index contributed by atoms with van der Waals surface area (Å²) in [4.78, 5) is 23.9. The molecule has 0 amide bonds. The molecular formula is C19H22O4. The second-order valence-electron chi connectivity index (χ2n) is 6.47. The fourth-order valence-electron chi connectivity index (χ4n) is 3.21. The van der Waals surface area contributed by atoms with Gasteiger partial charge in [-0.15, -0.1) is 0 Å². The van der Waals surface area contributed by atoms with Crippen molar-refractivity contribution in [1.29, 1.82) is 0 Å². The lowest BCUT2D eigenvalue weighted by Gasteiger charge is -2.20. The van der Waals surface area contributed by atoms with Crippen molar-refractivity contribution in [3.8, 4) is 0 Å². The zero-order valence-corrected chi connectivity index (χ0v) is 13.7. The molecule has 1 aliphatic rings. The van der Waals surface area contributed by atoms with Crippen molar-refractivity contribution in [3.05, 3.63) is 45.3 Å². The number of fused-ring (bicyclic) bond motifs is 1. The van der Waals surface area contributed by atoms with Crippen LogP contribution in [0, 0.1) is 19.8 Å². The van der Waals surface area contributed by atoms with Gasteiger partial charge >= 0.3 is 11.6 Å². The highest BCUT2D eigenvalue weighted by atomic mass is 16.5. The Bertz CT molecular complexity index is 782. The van der Waals surface area contributed by atoms with Gasteiger partial charge in [0.2, 0.25) is 0 Å². The molecule has 2 aromatic rings. The summed E-state index contributed by atoms with van der Waals surface area (Å²) in [5, 5.41) is 0.837. The molecule has 0 atom stereocenters. The Balaban J connectivity index is 1.83. The zero-order valence-electron chi connectivity index (χ0n) is 13.7. The van der Waals surface area contributed by atoms with Crippen molar-refractivity contribution >= 4 is 16.9 Å². The Morgan fingerprint density at radius 2 is 1.83 bits per heavy atom. The van der Waals surface area contributed by atoms with E-state index < -0.39 is 5.63 Å². The van der Waals surface area contributed by atoms with Crippen molar-refractivity contribution in [2.75, 3.05) is 0 Å². The highest BCUT2D eigenvalue weighted by Crippen LogP contribution is 2.26. The van der Waals surface area contributed by atoms with Crippen molar-refractivity contribution in [3.63, 3.8) is 0 Å². The molecule has 1 fully saturated rings. The number of ether oxygens (including phenoxy) is 1. The topological polar surface area (TPSA) is 56.5 Å². The van der Waals surface area contributed by atoms with Crippen molar-refractivity contribution in [1.82, 2.24) is 0 Å². The summed E-state index contributed by atoms with van der Waals surface area (Å²) in [6.07, 6.45) is 5.21. The van der Waals surface area contributed by atoms with Crippen LogP contribution in [-0.4, -0.2) is 5.97 Å². The quantitative estimate of drug-likeness (QED) is 0.634. The average molecular weight is 314 g/mol. The second kappa shape index (κ2) is 6.57. The van der Waals surface area contributed by atoms with Gasteiger partial charge in [-0.3, -0.25) is 4.79 Å².